The van der Waals surface area contributed by atoms with Gasteiger partial charge in [-0.2, -0.15) is 0 Å². The number of benzene rings is 1. The van der Waals surface area contributed by atoms with Crippen molar-refractivity contribution in [2.45, 2.75) is 59.1 Å². The molecule has 0 aromatic heterocycles. The number of alkyl carbamates (subject to hydrolysis) is 1. The molecule has 2 N–H and O–H groups in total. The van der Waals surface area contributed by atoms with Crippen LogP contribution in [0.1, 0.15) is 57.8 Å². The normalized spacial score (nSPS) is 21.9. The zero-order chi connectivity index (χ0) is 19.5. The fourth-order valence-electron chi connectivity index (χ4n) is 3.43. The summed E-state index contributed by atoms with van der Waals surface area (Å²) < 4.78 is 19.0. The predicted molar refractivity (Wildman–Crippen MR) is 98.4 cm³/mol. The van der Waals surface area contributed by atoms with Crippen molar-refractivity contribution in [2.24, 2.45) is 11.3 Å². The first kappa shape index (κ1) is 20.2. The summed E-state index contributed by atoms with van der Waals surface area (Å²) in [5, 5.41) is 5.78. The molecule has 1 fully saturated rings. The molecule has 2 rings (SSSR count). The van der Waals surface area contributed by atoms with E-state index in [9.17, 15) is 14.0 Å². The first-order valence-corrected chi connectivity index (χ1v) is 9.03. The summed E-state index contributed by atoms with van der Waals surface area (Å²) in [5.74, 6) is -0.763. The maximum absolute atomic E-state index is 13.7. The van der Waals surface area contributed by atoms with E-state index >= 15 is 0 Å². The van der Waals surface area contributed by atoms with Crippen molar-refractivity contribution in [2.75, 3.05) is 6.54 Å². The van der Waals surface area contributed by atoms with Crippen LogP contribution in [0.3, 0.4) is 0 Å². The molecule has 0 bridgehead atoms. The van der Waals surface area contributed by atoms with E-state index in [1.807, 2.05) is 20.8 Å². The van der Waals surface area contributed by atoms with Crippen molar-refractivity contribution in [3.05, 3.63) is 35.6 Å². The second kappa shape index (κ2) is 7.64. The van der Waals surface area contributed by atoms with E-state index < -0.39 is 23.4 Å². The van der Waals surface area contributed by atoms with Crippen LogP contribution in [0.15, 0.2) is 24.3 Å². The third-order valence-corrected chi connectivity index (χ3v) is 5.07. The monoisotopic (exact) mass is 364 g/mol. The van der Waals surface area contributed by atoms with E-state index in [1.165, 1.54) is 12.1 Å². The highest BCUT2D eigenvalue weighted by Gasteiger charge is 2.44. The Bertz CT molecular complexity index is 667. The molecule has 1 saturated carbocycles. The zero-order valence-corrected chi connectivity index (χ0v) is 16.2. The van der Waals surface area contributed by atoms with E-state index in [0.29, 0.717) is 6.54 Å². The third-order valence-electron chi connectivity index (χ3n) is 5.07. The first-order valence-electron chi connectivity index (χ1n) is 9.03. The Morgan fingerprint density at radius 1 is 1.23 bits per heavy atom. The van der Waals surface area contributed by atoms with Crippen LogP contribution in [0.4, 0.5) is 9.18 Å². The van der Waals surface area contributed by atoms with Crippen molar-refractivity contribution in [3.63, 3.8) is 0 Å². The van der Waals surface area contributed by atoms with Crippen LogP contribution >= 0.6 is 0 Å². The minimum absolute atomic E-state index is 0.0345. The van der Waals surface area contributed by atoms with Gasteiger partial charge in [0, 0.05) is 12.6 Å². The van der Waals surface area contributed by atoms with E-state index in [2.05, 4.69) is 24.5 Å². The molecule has 1 aromatic rings. The molecular weight excluding hydrogens is 335 g/mol. The zero-order valence-electron chi connectivity index (χ0n) is 16.2. The second-order valence-electron chi connectivity index (χ2n) is 8.48. The maximum Gasteiger partial charge on any atom is 0.407 e. The lowest BCUT2D eigenvalue weighted by molar-refractivity contribution is 0.0457. The molecule has 2 amide bonds. The van der Waals surface area contributed by atoms with Gasteiger partial charge in [-0.25, -0.2) is 9.18 Å². The van der Waals surface area contributed by atoms with Crippen molar-refractivity contribution in [1.29, 1.82) is 0 Å². The molecule has 0 saturated heterocycles. The summed E-state index contributed by atoms with van der Waals surface area (Å²) in [7, 11) is 0. The van der Waals surface area contributed by atoms with Gasteiger partial charge < -0.3 is 15.4 Å². The largest absolute Gasteiger partial charge is 0.444 e. The van der Waals surface area contributed by atoms with Gasteiger partial charge in [0.2, 0.25) is 0 Å². The van der Waals surface area contributed by atoms with Crippen molar-refractivity contribution >= 4 is 12.0 Å². The average molecular weight is 364 g/mol. The Balaban J connectivity index is 1.92. The smallest absolute Gasteiger partial charge is 0.407 e. The summed E-state index contributed by atoms with van der Waals surface area (Å²) in [5.41, 5.74) is -0.703. The summed E-state index contributed by atoms with van der Waals surface area (Å²) >= 11 is 0. The fourth-order valence-corrected chi connectivity index (χ4v) is 3.43. The Kier molecular flexibility index (Phi) is 5.94. The number of carbonyl (C=O) groups excluding carboxylic acids is 2. The van der Waals surface area contributed by atoms with Crippen LogP contribution in [0.5, 0.6) is 0 Å². The standard InChI is InChI=1S/C20H29FN2O3/c1-19(2,3)26-18(25)23-16-11-10-13(20(16,4)5)12-22-17(24)14-8-6-7-9-15(14)21/h6-9,13,16H,10-12H2,1-5H3,(H,22,24)(H,23,25)/t13-,16-/m1/s1. The average Bonchev–Trinajstić information content (AvgIpc) is 2.78. The van der Waals surface area contributed by atoms with E-state index in [4.69, 9.17) is 4.74 Å². The Morgan fingerprint density at radius 3 is 2.50 bits per heavy atom. The summed E-state index contributed by atoms with van der Waals surface area (Å²) in [4.78, 5) is 24.3. The minimum Gasteiger partial charge on any atom is -0.444 e. The Hall–Kier alpha value is -2.11. The molecule has 0 spiro atoms. The van der Waals surface area contributed by atoms with Gasteiger partial charge in [0.25, 0.3) is 5.91 Å². The molecule has 5 nitrogen and oxygen atoms in total. The lowest BCUT2D eigenvalue weighted by atomic mass is 9.79. The van der Waals surface area contributed by atoms with Gasteiger partial charge in [-0.1, -0.05) is 26.0 Å². The number of hydrogen-bond acceptors (Lipinski definition) is 3. The highest BCUT2D eigenvalue weighted by molar-refractivity contribution is 5.94. The summed E-state index contributed by atoms with van der Waals surface area (Å²) in [6.07, 6.45) is 1.25. The Labute approximate surface area is 154 Å². The molecule has 0 unspecified atom stereocenters. The van der Waals surface area contributed by atoms with Crippen LogP contribution in [-0.2, 0) is 4.74 Å². The molecule has 1 aromatic carbocycles. The van der Waals surface area contributed by atoms with Crippen LogP contribution in [0.25, 0.3) is 0 Å². The lowest BCUT2D eigenvalue weighted by Gasteiger charge is -2.34. The van der Waals surface area contributed by atoms with Gasteiger partial charge in [-0.05, 0) is 57.1 Å². The number of hydrogen-bond donors (Lipinski definition) is 2. The minimum atomic E-state index is -0.542. The van der Waals surface area contributed by atoms with Crippen molar-refractivity contribution in [3.8, 4) is 0 Å². The van der Waals surface area contributed by atoms with Gasteiger partial charge in [-0.3, -0.25) is 4.79 Å². The number of halogens is 1. The lowest BCUT2D eigenvalue weighted by Crippen LogP contribution is -2.47. The van der Waals surface area contributed by atoms with Gasteiger partial charge in [0.1, 0.15) is 11.4 Å². The molecule has 0 aliphatic heterocycles. The van der Waals surface area contributed by atoms with E-state index in [0.717, 1.165) is 12.8 Å². The second-order valence-corrected chi connectivity index (χ2v) is 8.48. The Morgan fingerprint density at radius 2 is 1.88 bits per heavy atom. The fraction of sp³-hybridized carbons (Fsp3) is 0.600. The van der Waals surface area contributed by atoms with Crippen LogP contribution in [0, 0.1) is 17.2 Å². The molecular formula is C20H29FN2O3. The van der Waals surface area contributed by atoms with Crippen molar-refractivity contribution < 1.29 is 18.7 Å². The van der Waals surface area contributed by atoms with Gasteiger partial charge in [-0.15, -0.1) is 0 Å². The number of carbonyl (C=O) groups is 2. The number of amides is 2. The maximum atomic E-state index is 13.7. The van der Waals surface area contributed by atoms with Gasteiger partial charge >= 0.3 is 6.09 Å². The number of nitrogens with one attached hydrogen (secondary N) is 2. The summed E-state index contributed by atoms with van der Waals surface area (Å²) in [6, 6.07) is 5.90. The van der Waals surface area contributed by atoms with Crippen LogP contribution in [-0.4, -0.2) is 30.2 Å². The number of ether oxygens (including phenoxy) is 1. The molecule has 0 heterocycles. The predicted octanol–water partition coefficient (Wildman–Crippen LogP) is 3.89. The first-order chi connectivity index (χ1) is 12.0. The summed E-state index contributed by atoms with van der Waals surface area (Å²) in [6.45, 7) is 10.1. The SMILES string of the molecule is CC(C)(C)OC(=O)N[C@@H]1CC[C@H](CNC(=O)c2ccccc2F)C1(C)C. The molecule has 26 heavy (non-hydrogen) atoms. The van der Waals surface area contributed by atoms with E-state index in [1.54, 1.807) is 12.1 Å². The molecule has 2 atom stereocenters. The molecule has 6 heteroatoms. The molecule has 1 aliphatic rings. The quantitative estimate of drug-likeness (QED) is 0.852. The van der Waals surface area contributed by atoms with E-state index in [-0.39, 0.29) is 22.9 Å². The van der Waals surface area contributed by atoms with Crippen molar-refractivity contribution in [1.82, 2.24) is 10.6 Å². The molecule has 0 radical (unpaired) electrons. The molecule has 1 aliphatic carbocycles. The topological polar surface area (TPSA) is 67.4 Å². The van der Waals surface area contributed by atoms with Gasteiger partial charge in [0.05, 0.1) is 5.56 Å². The molecule has 144 valence electrons. The van der Waals surface area contributed by atoms with Crippen LogP contribution < -0.4 is 10.6 Å². The third kappa shape index (κ3) is 4.96. The van der Waals surface area contributed by atoms with Crippen LogP contribution in [0.2, 0.25) is 0 Å². The highest BCUT2D eigenvalue weighted by Crippen LogP contribution is 2.42. The number of rotatable bonds is 4. The highest BCUT2D eigenvalue weighted by atomic mass is 19.1. The van der Waals surface area contributed by atoms with Gasteiger partial charge in [0.15, 0.2) is 0 Å².